The molecule has 1 aromatic heterocycles. The summed E-state index contributed by atoms with van der Waals surface area (Å²) in [5, 5.41) is 7.92. The quantitative estimate of drug-likeness (QED) is 0.462. The van der Waals surface area contributed by atoms with Gasteiger partial charge in [-0.15, -0.1) is 0 Å². The highest BCUT2D eigenvalue weighted by atomic mass is 16.2. The van der Waals surface area contributed by atoms with Crippen molar-refractivity contribution in [3.05, 3.63) is 100.0 Å². The maximum atomic E-state index is 12.4. The van der Waals surface area contributed by atoms with Gasteiger partial charge in [0.25, 0.3) is 0 Å². The lowest BCUT2D eigenvalue weighted by molar-refractivity contribution is 0.693. The number of nitrogens with zero attached hydrogens (tertiary/aromatic N) is 4. The van der Waals surface area contributed by atoms with Crippen LogP contribution in [0.4, 0.5) is 0 Å². The molecule has 0 aliphatic heterocycles. The van der Waals surface area contributed by atoms with Gasteiger partial charge in [0.2, 0.25) is 0 Å². The van der Waals surface area contributed by atoms with E-state index >= 15 is 0 Å². The van der Waals surface area contributed by atoms with Crippen molar-refractivity contribution in [2.45, 2.75) is 18.8 Å². The van der Waals surface area contributed by atoms with Gasteiger partial charge in [0.1, 0.15) is 0 Å². The SMILES string of the molecule is Cn1nnn(-c2cccc(C3CC3)c2C=Cc2ccc(-c3ccccc3)cc2)c1=O. The second-order valence-electron chi connectivity index (χ2n) is 7.67. The Hall–Kier alpha value is -3.73. The summed E-state index contributed by atoms with van der Waals surface area (Å²) in [7, 11) is 1.61. The molecule has 5 nitrogen and oxygen atoms in total. The molecule has 0 bridgehead atoms. The van der Waals surface area contributed by atoms with Gasteiger partial charge in [-0.1, -0.05) is 78.9 Å². The lowest BCUT2D eigenvalue weighted by Gasteiger charge is -2.10. The molecule has 0 spiro atoms. The Morgan fingerprint density at radius 1 is 0.833 bits per heavy atom. The highest BCUT2D eigenvalue weighted by Gasteiger charge is 2.27. The fraction of sp³-hybridized carbons (Fsp3) is 0.160. The largest absolute Gasteiger partial charge is 0.368 e. The minimum Gasteiger partial charge on any atom is -0.244 e. The first-order valence-corrected chi connectivity index (χ1v) is 10.2. The van der Waals surface area contributed by atoms with E-state index in [0.29, 0.717) is 5.92 Å². The first-order chi connectivity index (χ1) is 14.7. The Kier molecular flexibility index (Phi) is 4.64. The smallest absolute Gasteiger partial charge is 0.244 e. The Morgan fingerprint density at radius 3 is 2.23 bits per heavy atom. The number of benzene rings is 3. The predicted octanol–water partition coefficient (Wildman–Crippen LogP) is 4.68. The molecule has 0 amide bonds. The average molecular weight is 394 g/mol. The van der Waals surface area contributed by atoms with Gasteiger partial charge in [-0.25, -0.2) is 4.79 Å². The second kappa shape index (κ2) is 7.59. The van der Waals surface area contributed by atoms with Gasteiger partial charge in [0, 0.05) is 12.6 Å². The summed E-state index contributed by atoms with van der Waals surface area (Å²) in [6.45, 7) is 0. The van der Waals surface area contributed by atoms with Crippen molar-refractivity contribution in [2.75, 3.05) is 0 Å². The molecule has 1 saturated carbocycles. The summed E-state index contributed by atoms with van der Waals surface area (Å²) in [4.78, 5) is 12.4. The van der Waals surface area contributed by atoms with Gasteiger partial charge in [0.05, 0.1) is 5.69 Å². The minimum atomic E-state index is -0.246. The first kappa shape index (κ1) is 18.3. The zero-order valence-electron chi connectivity index (χ0n) is 16.8. The highest BCUT2D eigenvalue weighted by Crippen LogP contribution is 2.43. The molecule has 0 unspecified atom stereocenters. The standard InChI is InChI=1S/C25H22N4O/c1-28-25(30)29(27-26-28)24-9-5-8-22(21-15-16-21)23(24)17-12-18-10-13-20(14-11-18)19-6-3-2-4-7-19/h2-14,17,21H,15-16H2,1H3. The number of aromatic nitrogens is 4. The van der Waals surface area contributed by atoms with E-state index in [-0.39, 0.29) is 5.69 Å². The van der Waals surface area contributed by atoms with E-state index in [0.717, 1.165) is 16.8 Å². The molecule has 0 N–H and O–H groups in total. The number of hydrogen-bond acceptors (Lipinski definition) is 3. The number of tetrazole rings is 1. The van der Waals surface area contributed by atoms with Crippen LogP contribution in [0.1, 0.15) is 35.4 Å². The lowest BCUT2D eigenvalue weighted by Crippen LogP contribution is -2.22. The Bertz CT molecular complexity index is 1260. The van der Waals surface area contributed by atoms with Crippen molar-refractivity contribution in [1.82, 2.24) is 19.8 Å². The van der Waals surface area contributed by atoms with Crippen molar-refractivity contribution in [2.24, 2.45) is 7.05 Å². The van der Waals surface area contributed by atoms with Crippen molar-refractivity contribution in [1.29, 1.82) is 0 Å². The summed E-state index contributed by atoms with van der Waals surface area (Å²) in [6, 6.07) is 24.9. The fourth-order valence-corrected chi connectivity index (χ4v) is 3.75. The molecule has 148 valence electrons. The third kappa shape index (κ3) is 3.50. The summed E-state index contributed by atoms with van der Waals surface area (Å²) < 4.78 is 2.63. The molecule has 30 heavy (non-hydrogen) atoms. The van der Waals surface area contributed by atoms with Gasteiger partial charge < -0.3 is 0 Å². The van der Waals surface area contributed by atoms with Crippen molar-refractivity contribution < 1.29 is 0 Å². The van der Waals surface area contributed by atoms with E-state index < -0.39 is 0 Å². The maximum absolute atomic E-state index is 12.4. The van der Waals surface area contributed by atoms with Crippen LogP contribution in [0.15, 0.2) is 77.6 Å². The zero-order valence-corrected chi connectivity index (χ0v) is 16.8. The first-order valence-electron chi connectivity index (χ1n) is 10.2. The van der Waals surface area contributed by atoms with Gasteiger partial charge in [-0.2, -0.15) is 9.36 Å². The fourth-order valence-electron chi connectivity index (χ4n) is 3.75. The maximum Gasteiger partial charge on any atom is 0.368 e. The second-order valence-corrected chi connectivity index (χ2v) is 7.67. The molecule has 5 rings (SSSR count). The number of hydrogen-bond donors (Lipinski definition) is 0. The van der Waals surface area contributed by atoms with Gasteiger partial charge in [-0.05, 0) is 57.5 Å². The Balaban J connectivity index is 1.52. The van der Waals surface area contributed by atoms with E-state index in [1.54, 1.807) is 7.05 Å². The molecule has 0 radical (unpaired) electrons. The monoisotopic (exact) mass is 394 g/mol. The summed E-state index contributed by atoms with van der Waals surface area (Å²) >= 11 is 0. The van der Waals surface area contributed by atoms with Crippen LogP contribution in [-0.2, 0) is 7.05 Å². The van der Waals surface area contributed by atoms with Gasteiger partial charge >= 0.3 is 5.69 Å². The summed E-state index contributed by atoms with van der Waals surface area (Å²) in [5.74, 6) is 0.553. The van der Waals surface area contributed by atoms with Crippen LogP contribution in [-0.4, -0.2) is 19.8 Å². The molecule has 1 fully saturated rings. The Morgan fingerprint density at radius 2 is 1.57 bits per heavy atom. The average Bonchev–Trinajstić information content (AvgIpc) is 3.59. The summed E-state index contributed by atoms with van der Waals surface area (Å²) in [6.07, 6.45) is 6.57. The van der Waals surface area contributed by atoms with Crippen LogP contribution in [0, 0.1) is 0 Å². The molecule has 0 atom stereocenters. The topological polar surface area (TPSA) is 52.7 Å². The van der Waals surface area contributed by atoms with E-state index in [1.165, 1.54) is 38.9 Å². The van der Waals surface area contributed by atoms with Gasteiger partial charge in [0.15, 0.2) is 0 Å². The molecule has 1 heterocycles. The molecule has 5 heteroatoms. The highest BCUT2D eigenvalue weighted by molar-refractivity contribution is 5.77. The zero-order chi connectivity index (χ0) is 20.5. The van der Waals surface area contributed by atoms with Crippen LogP contribution in [0.2, 0.25) is 0 Å². The van der Waals surface area contributed by atoms with E-state index in [4.69, 9.17) is 0 Å². The molecule has 0 saturated heterocycles. The third-order valence-corrected chi connectivity index (χ3v) is 5.54. The molecule has 1 aliphatic carbocycles. The predicted molar refractivity (Wildman–Crippen MR) is 119 cm³/mol. The van der Waals surface area contributed by atoms with Gasteiger partial charge in [-0.3, -0.25) is 0 Å². The van der Waals surface area contributed by atoms with E-state index in [1.807, 2.05) is 30.3 Å². The Labute approximate surface area is 174 Å². The molecule has 3 aromatic carbocycles. The number of rotatable bonds is 5. The lowest BCUT2D eigenvalue weighted by atomic mass is 9.99. The van der Waals surface area contributed by atoms with Crippen LogP contribution < -0.4 is 5.69 Å². The van der Waals surface area contributed by atoms with Crippen molar-refractivity contribution in [3.63, 3.8) is 0 Å². The van der Waals surface area contributed by atoms with Crippen LogP contribution in [0.25, 0.3) is 29.0 Å². The normalized spacial score (nSPS) is 13.8. The van der Waals surface area contributed by atoms with Crippen molar-refractivity contribution in [3.8, 4) is 16.8 Å². The molecule has 1 aliphatic rings. The molecule has 4 aromatic rings. The van der Waals surface area contributed by atoms with E-state index in [2.05, 4.69) is 65.0 Å². The van der Waals surface area contributed by atoms with E-state index in [9.17, 15) is 4.79 Å². The minimum absolute atomic E-state index is 0.246. The molecular weight excluding hydrogens is 372 g/mol. The summed E-state index contributed by atoms with van der Waals surface area (Å²) in [5.41, 5.74) is 6.34. The third-order valence-electron chi connectivity index (χ3n) is 5.54. The molecular formula is C25H22N4O. The van der Waals surface area contributed by atoms with Crippen molar-refractivity contribution >= 4 is 12.2 Å². The van der Waals surface area contributed by atoms with Crippen LogP contribution in [0.5, 0.6) is 0 Å². The number of aryl methyl sites for hydroxylation is 1. The van der Waals surface area contributed by atoms with Crippen LogP contribution >= 0.6 is 0 Å². The van der Waals surface area contributed by atoms with Crippen LogP contribution in [0.3, 0.4) is 0 Å².